The van der Waals surface area contributed by atoms with E-state index >= 15 is 0 Å². The summed E-state index contributed by atoms with van der Waals surface area (Å²) in [5, 5.41) is 13.4. The van der Waals surface area contributed by atoms with Crippen LogP contribution in [0.4, 0.5) is 0 Å². The average Bonchev–Trinajstić information content (AvgIpc) is 2.66. The molecule has 2 aromatic carbocycles. The topological polar surface area (TPSA) is 60.0 Å². The number of ether oxygens (including phenoxy) is 3. The highest BCUT2D eigenvalue weighted by atomic mass is 16.6. The minimum absolute atomic E-state index is 0.154. The van der Waals surface area contributed by atoms with E-state index in [-0.39, 0.29) is 18.8 Å². The largest absolute Gasteiger partial charge is 0.486 e. The molecule has 0 bridgehead atoms. The normalized spacial score (nSPS) is 18.6. The van der Waals surface area contributed by atoms with E-state index in [1.807, 2.05) is 42.5 Å². The van der Waals surface area contributed by atoms with Gasteiger partial charge in [0, 0.05) is 12.6 Å². The fraction of sp³-hybridized carbons (Fsp3) is 0.400. The van der Waals surface area contributed by atoms with Gasteiger partial charge in [0.15, 0.2) is 17.6 Å². The number of aliphatic hydroxyl groups excluding tert-OH is 1. The van der Waals surface area contributed by atoms with Crippen molar-refractivity contribution in [3.8, 4) is 11.5 Å². The summed E-state index contributed by atoms with van der Waals surface area (Å²) in [6.45, 7) is 3.65. The zero-order valence-corrected chi connectivity index (χ0v) is 14.4. The smallest absolute Gasteiger partial charge is 0.161 e. The number of benzene rings is 2. The molecule has 0 radical (unpaired) electrons. The van der Waals surface area contributed by atoms with Crippen LogP contribution in [-0.4, -0.2) is 43.7 Å². The van der Waals surface area contributed by atoms with E-state index in [1.54, 1.807) is 0 Å². The second-order valence-electron chi connectivity index (χ2n) is 6.23. The van der Waals surface area contributed by atoms with Crippen molar-refractivity contribution in [2.45, 2.75) is 25.2 Å². The summed E-state index contributed by atoms with van der Waals surface area (Å²) in [5.41, 5.74) is 1.20. The number of rotatable bonds is 8. The maximum Gasteiger partial charge on any atom is 0.161 e. The van der Waals surface area contributed by atoms with Crippen LogP contribution in [0.25, 0.3) is 0 Å². The van der Waals surface area contributed by atoms with Gasteiger partial charge in [-0.3, -0.25) is 0 Å². The number of para-hydroxylation sites is 2. The molecule has 3 rings (SSSR count). The van der Waals surface area contributed by atoms with Crippen molar-refractivity contribution < 1.29 is 19.3 Å². The van der Waals surface area contributed by atoms with Gasteiger partial charge in [-0.2, -0.15) is 0 Å². The van der Waals surface area contributed by atoms with Crippen LogP contribution in [0.1, 0.15) is 18.5 Å². The molecule has 25 heavy (non-hydrogen) atoms. The Labute approximate surface area is 148 Å². The molecule has 1 aliphatic heterocycles. The molecule has 0 fully saturated rings. The van der Waals surface area contributed by atoms with Gasteiger partial charge in [0.05, 0.1) is 19.3 Å². The fourth-order valence-corrected chi connectivity index (χ4v) is 2.71. The van der Waals surface area contributed by atoms with Crippen molar-refractivity contribution in [3.63, 3.8) is 0 Å². The SMILES string of the molecule is C[C@@H](NC[C@H](O)COC[C@@H]1COc2ccccc2O1)c1ccccc1. The first-order valence-electron chi connectivity index (χ1n) is 8.65. The first kappa shape index (κ1) is 17.7. The van der Waals surface area contributed by atoms with Gasteiger partial charge in [-0.05, 0) is 24.6 Å². The van der Waals surface area contributed by atoms with E-state index < -0.39 is 6.10 Å². The van der Waals surface area contributed by atoms with Gasteiger partial charge in [0.1, 0.15) is 6.61 Å². The highest BCUT2D eigenvalue weighted by Gasteiger charge is 2.21. The van der Waals surface area contributed by atoms with Gasteiger partial charge >= 0.3 is 0 Å². The first-order chi connectivity index (χ1) is 12.2. The summed E-state index contributed by atoms with van der Waals surface area (Å²) in [4.78, 5) is 0. The Morgan fingerprint density at radius 3 is 2.64 bits per heavy atom. The van der Waals surface area contributed by atoms with E-state index in [4.69, 9.17) is 14.2 Å². The van der Waals surface area contributed by atoms with Crippen LogP contribution in [0.2, 0.25) is 0 Å². The Hall–Kier alpha value is -2.08. The van der Waals surface area contributed by atoms with Crippen LogP contribution in [0.15, 0.2) is 54.6 Å². The molecule has 5 nitrogen and oxygen atoms in total. The fourth-order valence-electron chi connectivity index (χ4n) is 2.71. The zero-order chi connectivity index (χ0) is 17.5. The van der Waals surface area contributed by atoms with Crippen molar-refractivity contribution in [1.29, 1.82) is 0 Å². The Balaban J connectivity index is 1.34. The van der Waals surface area contributed by atoms with Gasteiger partial charge in [0.25, 0.3) is 0 Å². The molecule has 1 aliphatic rings. The van der Waals surface area contributed by atoms with Crippen LogP contribution in [0, 0.1) is 0 Å². The molecule has 1 heterocycles. The third-order valence-electron chi connectivity index (χ3n) is 4.14. The maximum atomic E-state index is 10.1. The zero-order valence-electron chi connectivity index (χ0n) is 14.4. The van der Waals surface area contributed by atoms with Gasteiger partial charge in [-0.1, -0.05) is 42.5 Å². The number of hydrogen-bond donors (Lipinski definition) is 2. The molecule has 134 valence electrons. The second kappa shape index (κ2) is 8.85. The van der Waals surface area contributed by atoms with E-state index in [1.165, 1.54) is 5.56 Å². The highest BCUT2D eigenvalue weighted by molar-refractivity contribution is 5.40. The van der Waals surface area contributed by atoms with E-state index in [0.717, 1.165) is 11.5 Å². The predicted octanol–water partition coefficient (Wildman–Crippen LogP) is 2.55. The minimum atomic E-state index is -0.567. The molecule has 3 atom stereocenters. The van der Waals surface area contributed by atoms with Gasteiger partial charge in [-0.25, -0.2) is 0 Å². The van der Waals surface area contributed by atoms with Crippen molar-refractivity contribution in [3.05, 3.63) is 60.2 Å². The summed E-state index contributed by atoms with van der Waals surface area (Å²) in [6.07, 6.45) is -0.721. The highest BCUT2D eigenvalue weighted by Crippen LogP contribution is 2.30. The van der Waals surface area contributed by atoms with Gasteiger partial charge in [-0.15, -0.1) is 0 Å². The predicted molar refractivity (Wildman–Crippen MR) is 96.0 cm³/mol. The lowest BCUT2D eigenvalue weighted by atomic mass is 10.1. The standard InChI is InChI=1S/C20H25NO4/c1-15(16-7-3-2-4-8-16)21-11-17(22)12-23-13-18-14-24-19-9-5-6-10-20(19)25-18/h2-10,15,17-18,21-22H,11-14H2,1H3/t15-,17+,18-/m1/s1. The quantitative estimate of drug-likeness (QED) is 0.771. The lowest BCUT2D eigenvalue weighted by Gasteiger charge is -2.26. The molecule has 0 saturated heterocycles. The van der Waals surface area contributed by atoms with Crippen molar-refractivity contribution in [2.24, 2.45) is 0 Å². The molecule has 2 aromatic rings. The van der Waals surface area contributed by atoms with Crippen molar-refractivity contribution in [1.82, 2.24) is 5.32 Å². The van der Waals surface area contributed by atoms with Gasteiger partial charge < -0.3 is 24.6 Å². The molecule has 0 unspecified atom stereocenters. The monoisotopic (exact) mass is 343 g/mol. The maximum absolute atomic E-state index is 10.1. The van der Waals surface area contributed by atoms with Crippen molar-refractivity contribution in [2.75, 3.05) is 26.4 Å². The van der Waals surface area contributed by atoms with Crippen LogP contribution in [0.5, 0.6) is 11.5 Å². The summed E-state index contributed by atoms with van der Waals surface area (Å²) in [7, 11) is 0. The van der Waals surface area contributed by atoms with E-state index in [2.05, 4.69) is 24.4 Å². The molecule has 0 amide bonds. The Morgan fingerprint density at radius 1 is 1.12 bits per heavy atom. The number of aliphatic hydroxyl groups is 1. The minimum Gasteiger partial charge on any atom is -0.486 e. The summed E-state index contributed by atoms with van der Waals surface area (Å²) in [6, 6.07) is 17.9. The average molecular weight is 343 g/mol. The molecule has 0 saturated carbocycles. The lowest BCUT2D eigenvalue weighted by Crippen LogP contribution is -2.36. The Bertz CT molecular complexity index is 649. The number of fused-ring (bicyclic) bond motifs is 1. The van der Waals surface area contributed by atoms with Gasteiger partial charge in [0.2, 0.25) is 0 Å². The third-order valence-corrected chi connectivity index (χ3v) is 4.14. The van der Waals surface area contributed by atoms with Crippen LogP contribution in [-0.2, 0) is 4.74 Å². The molecule has 2 N–H and O–H groups in total. The van der Waals surface area contributed by atoms with E-state index in [0.29, 0.717) is 19.8 Å². The Morgan fingerprint density at radius 2 is 1.84 bits per heavy atom. The first-order valence-corrected chi connectivity index (χ1v) is 8.65. The molecule has 0 aliphatic carbocycles. The van der Waals surface area contributed by atoms with Crippen LogP contribution >= 0.6 is 0 Å². The Kier molecular flexibility index (Phi) is 6.28. The van der Waals surface area contributed by atoms with Crippen LogP contribution in [0.3, 0.4) is 0 Å². The molecular formula is C20H25NO4. The lowest BCUT2D eigenvalue weighted by molar-refractivity contribution is -0.0215. The van der Waals surface area contributed by atoms with E-state index in [9.17, 15) is 5.11 Å². The number of nitrogens with one attached hydrogen (secondary N) is 1. The summed E-state index contributed by atoms with van der Waals surface area (Å²) < 4.78 is 17.1. The summed E-state index contributed by atoms with van der Waals surface area (Å²) >= 11 is 0. The second-order valence-corrected chi connectivity index (χ2v) is 6.23. The molecule has 0 spiro atoms. The summed E-state index contributed by atoms with van der Waals surface area (Å²) in [5.74, 6) is 1.50. The molecule has 5 heteroatoms. The third kappa shape index (κ3) is 5.19. The molecular weight excluding hydrogens is 318 g/mol. The van der Waals surface area contributed by atoms with Crippen molar-refractivity contribution >= 4 is 0 Å². The number of hydrogen-bond acceptors (Lipinski definition) is 5. The molecule has 0 aromatic heterocycles. The van der Waals surface area contributed by atoms with Crippen LogP contribution < -0.4 is 14.8 Å².